The predicted molar refractivity (Wildman–Crippen MR) is 71.9 cm³/mol. The fourth-order valence-corrected chi connectivity index (χ4v) is 2.99. The highest BCUT2D eigenvalue weighted by molar-refractivity contribution is 9.10. The molecule has 0 saturated heterocycles. The van der Waals surface area contributed by atoms with E-state index in [1.165, 1.54) is 11.3 Å². The SMILES string of the molecule is O=C(c1cc(Br)cs1)c1cc(Cl)ccc1Cl. The Morgan fingerprint density at radius 1 is 1.25 bits per heavy atom. The van der Waals surface area contributed by atoms with Crippen LogP contribution in [-0.2, 0) is 0 Å². The zero-order valence-corrected chi connectivity index (χ0v) is 11.8. The molecule has 0 radical (unpaired) electrons. The van der Waals surface area contributed by atoms with Gasteiger partial charge < -0.3 is 0 Å². The lowest BCUT2D eigenvalue weighted by Gasteiger charge is -2.01. The molecule has 1 aromatic heterocycles. The summed E-state index contributed by atoms with van der Waals surface area (Å²) in [6.45, 7) is 0. The third-order valence-electron chi connectivity index (χ3n) is 1.96. The fraction of sp³-hybridized carbons (Fsp3) is 0. The van der Waals surface area contributed by atoms with Gasteiger partial charge in [-0.25, -0.2) is 0 Å². The molecular formula is C11H5BrCl2OS. The molecule has 0 aliphatic rings. The average molecular weight is 336 g/mol. The standard InChI is InChI=1S/C11H5BrCl2OS/c12-6-3-10(16-5-6)11(15)8-4-7(13)1-2-9(8)14/h1-5H. The van der Waals surface area contributed by atoms with Gasteiger partial charge in [0.25, 0.3) is 0 Å². The summed E-state index contributed by atoms with van der Waals surface area (Å²) in [5.41, 5.74) is 0.434. The number of hydrogen-bond acceptors (Lipinski definition) is 2. The molecule has 16 heavy (non-hydrogen) atoms. The van der Waals surface area contributed by atoms with Gasteiger partial charge in [0.1, 0.15) is 0 Å². The van der Waals surface area contributed by atoms with Gasteiger partial charge in [-0.2, -0.15) is 0 Å². The van der Waals surface area contributed by atoms with Crippen LogP contribution in [-0.4, -0.2) is 5.78 Å². The summed E-state index contributed by atoms with van der Waals surface area (Å²) in [7, 11) is 0. The highest BCUT2D eigenvalue weighted by atomic mass is 79.9. The zero-order valence-electron chi connectivity index (χ0n) is 7.84. The summed E-state index contributed by atoms with van der Waals surface area (Å²) in [5.74, 6) is -0.108. The lowest BCUT2D eigenvalue weighted by Crippen LogP contribution is -1.99. The normalized spacial score (nSPS) is 10.4. The molecule has 2 rings (SSSR count). The molecule has 0 atom stereocenters. The fourth-order valence-electron chi connectivity index (χ4n) is 1.24. The van der Waals surface area contributed by atoms with Crippen molar-refractivity contribution in [3.63, 3.8) is 0 Å². The van der Waals surface area contributed by atoms with Crippen LogP contribution in [0, 0.1) is 0 Å². The van der Waals surface area contributed by atoms with E-state index in [-0.39, 0.29) is 5.78 Å². The van der Waals surface area contributed by atoms with Gasteiger partial charge in [-0.1, -0.05) is 23.2 Å². The lowest BCUT2D eigenvalue weighted by atomic mass is 10.1. The maximum Gasteiger partial charge on any atom is 0.204 e. The molecule has 5 heteroatoms. The Bertz CT molecular complexity index is 551. The Hall–Kier alpha value is -0.350. The van der Waals surface area contributed by atoms with E-state index in [0.29, 0.717) is 20.5 Å². The number of ketones is 1. The number of rotatable bonds is 2. The van der Waals surface area contributed by atoms with Crippen LogP contribution in [0.5, 0.6) is 0 Å². The largest absolute Gasteiger partial charge is 0.288 e. The van der Waals surface area contributed by atoms with Crippen molar-refractivity contribution in [3.8, 4) is 0 Å². The maximum absolute atomic E-state index is 12.1. The Kier molecular flexibility index (Phi) is 3.70. The molecule has 2 aromatic rings. The van der Waals surface area contributed by atoms with Gasteiger partial charge in [-0.05, 0) is 40.2 Å². The molecule has 0 aliphatic heterocycles. The maximum atomic E-state index is 12.1. The first-order valence-electron chi connectivity index (χ1n) is 4.31. The molecule has 0 N–H and O–H groups in total. The smallest absolute Gasteiger partial charge is 0.204 e. The number of carbonyl (C=O) groups excluding carboxylic acids is 1. The summed E-state index contributed by atoms with van der Waals surface area (Å²) in [4.78, 5) is 12.7. The van der Waals surface area contributed by atoms with Crippen LogP contribution >= 0.6 is 50.5 Å². The van der Waals surface area contributed by atoms with Crippen molar-refractivity contribution in [2.45, 2.75) is 0 Å². The van der Waals surface area contributed by atoms with Gasteiger partial charge >= 0.3 is 0 Å². The van der Waals surface area contributed by atoms with Gasteiger partial charge in [0, 0.05) is 20.4 Å². The van der Waals surface area contributed by atoms with Gasteiger partial charge in [0.05, 0.1) is 9.90 Å². The minimum atomic E-state index is -0.108. The van der Waals surface area contributed by atoms with E-state index < -0.39 is 0 Å². The third-order valence-corrected chi connectivity index (χ3v) is 4.22. The Morgan fingerprint density at radius 2 is 2.00 bits per heavy atom. The molecule has 0 amide bonds. The number of benzene rings is 1. The lowest BCUT2D eigenvalue weighted by molar-refractivity contribution is 0.104. The van der Waals surface area contributed by atoms with Crippen molar-refractivity contribution in [2.24, 2.45) is 0 Å². The van der Waals surface area contributed by atoms with Gasteiger partial charge in [-0.15, -0.1) is 11.3 Å². The van der Waals surface area contributed by atoms with E-state index in [2.05, 4.69) is 15.9 Å². The quantitative estimate of drug-likeness (QED) is 0.702. The zero-order chi connectivity index (χ0) is 11.7. The van der Waals surface area contributed by atoms with E-state index in [4.69, 9.17) is 23.2 Å². The van der Waals surface area contributed by atoms with Gasteiger partial charge in [0.2, 0.25) is 5.78 Å². The molecule has 82 valence electrons. The van der Waals surface area contributed by atoms with Crippen LogP contribution in [0.4, 0.5) is 0 Å². The number of carbonyl (C=O) groups is 1. The molecule has 1 heterocycles. The average Bonchev–Trinajstić information content (AvgIpc) is 2.67. The molecule has 0 spiro atoms. The minimum absolute atomic E-state index is 0.108. The number of halogens is 3. The summed E-state index contributed by atoms with van der Waals surface area (Å²) < 4.78 is 0.888. The molecule has 0 saturated carbocycles. The first-order chi connectivity index (χ1) is 7.58. The molecule has 0 unspecified atom stereocenters. The second kappa shape index (κ2) is 4.88. The first kappa shape index (κ1) is 12.1. The second-order valence-corrected chi connectivity index (χ2v) is 5.75. The summed E-state index contributed by atoms with van der Waals surface area (Å²) in [6, 6.07) is 6.63. The summed E-state index contributed by atoms with van der Waals surface area (Å²) in [6.07, 6.45) is 0. The predicted octanol–water partition coefficient (Wildman–Crippen LogP) is 5.05. The minimum Gasteiger partial charge on any atom is -0.288 e. The van der Waals surface area contributed by atoms with Crippen molar-refractivity contribution in [2.75, 3.05) is 0 Å². The van der Waals surface area contributed by atoms with Crippen molar-refractivity contribution in [1.82, 2.24) is 0 Å². The number of hydrogen-bond donors (Lipinski definition) is 0. The van der Waals surface area contributed by atoms with Crippen LogP contribution in [0.15, 0.2) is 34.1 Å². The molecule has 0 aliphatic carbocycles. The molecule has 0 bridgehead atoms. The van der Waals surface area contributed by atoms with Crippen LogP contribution in [0.2, 0.25) is 10.0 Å². The van der Waals surface area contributed by atoms with E-state index in [1.807, 2.05) is 5.38 Å². The van der Waals surface area contributed by atoms with E-state index in [1.54, 1.807) is 24.3 Å². The Labute approximate surface area is 115 Å². The highest BCUT2D eigenvalue weighted by Crippen LogP contribution is 2.27. The third kappa shape index (κ3) is 2.48. The van der Waals surface area contributed by atoms with Crippen molar-refractivity contribution in [3.05, 3.63) is 54.6 Å². The topological polar surface area (TPSA) is 17.1 Å². The van der Waals surface area contributed by atoms with E-state index in [9.17, 15) is 4.79 Å². The van der Waals surface area contributed by atoms with Crippen molar-refractivity contribution < 1.29 is 4.79 Å². The summed E-state index contributed by atoms with van der Waals surface area (Å²) >= 11 is 16.5. The van der Waals surface area contributed by atoms with E-state index >= 15 is 0 Å². The molecular weight excluding hydrogens is 331 g/mol. The first-order valence-corrected chi connectivity index (χ1v) is 6.74. The van der Waals surface area contributed by atoms with Gasteiger partial charge in [0.15, 0.2) is 0 Å². The van der Waals surface area contributed by atoms with Gasteiger partial charge in [-0.3, -0.25) is 4.79 Å². The number of thiophene rings is 1. The highest BCUT2D eigenvalue weighted by Gasteiger charge is 2.15. The van der Waals surface area contributed by atoms with Crippen molar-refractivity contribution >= 4 is 56.3 Å². The van der Waals surface area contributed by atoms with Crippen LogP contribution < -0.4 is 0 Å². The van der Waals surface area contributed by atoms with Crippen LogP contribution in [0.25, 0.3) is 0 Å². The second-order valence-electron chi connectivity index (χ2n) is 3.08. The Morgan fingerprint density at radius 3 is 2.62 bits per heavy atom. The molecule has 1 nitrogen and oxygen atoms in total. The van der Waals surface area contributed by atoms with E-state index in [0.717, 1.165) is 4.47 Å². The monoisotopic (exact) mass is 334 g/mol. The van der Waals surface area contributed by atoms with Crippen LogP contribution in [0.1, 0.15) is 15.2 Å². The molecule has 1 aromatic carbocycles. The van der Waals surface area contributed by atoms with Crippen LogP contribution in [0.3, 0.4) is 0 Å². The summed E-state index contributed by atoms with van der Waals surface area (Å²) in [5, 5.41) is 2.77. The van der Waals surface area contributed by atoms with Crippen molar-refractivity contribution in [1.29, 1.82) is 0 Å². The molecule has 0 fully saturated rings. The Balaban J connectivity index is 2.45.